The van der Waals surface area contributed by atoms with E-state index in [2.05, 4.69) is 25.9 Å². The zero-order valence-corrected chi connectivity index (χ0v) is 10.00. The minimum atomic E-state index is -0.195. The molecule has 0 bridgehead atoms. The third kappa shape index (κ3) is 3.36. The second-order valence-electron chi connectivity index (χ2n) is 3.72. The molecule has 0 aromatic carbocycles. The fourth-order valence-corrected chi connectivity index (χ4v) is 1.77. The highest BCUT2D eigenvalue weighted by molar-refractivity contribution is 6.29. The normalized spacial score (nSPS) is 19.9. The van der Waals surface area contributed by atoms with Gasteiger partial charge in [-0.15, -0.1) is 0 Å². The Bertz CT molecular complexity index is 394. The lowest BCUT2D eigenvalue weighted by Crippen LogP contribution is -2.55. The first-order valence-electron chi connectivity index (χ1n) is 5.44. The van der Waals surface area contributed by atoms with Gasteiger partial charge in [0.15, 0.2) is 5.15 Å². The second-order valence-corrected chi connectivity index (χ2v) is 4.08. The number of amides is 1. The van der Waals surface area contributed by atoms with Gasteiger partial charge in [0.25, 0.3) is 0 Å². The van der Waals surface area contributed by atoms with Gasteiger partial charge in [-0.3, -0.25) is 9.78 Å². The van der Waals surface area contributed by atoms with Crippen LogP contribution < -0.4 is 16.0 Å². The second kappa shape index (κ2) is 5.90. The summed E-state index contributed by atoms with van der Waals surface area (Å²) in [5.41, 5.74) is 0.575. The van der Waals surface area contributed by atoms with Crippen molar-refractivity contribution < 1.29 is 4.79 Å². The van der Waals surface area contributed by atoms with Crippen LogP contribution in [0.3, 0.4) is 0 Å². The fraction of sp³-hybridized carbons (Fsp3) is 0.500. The number of halogens is 1. The van der Waals surface area contributed by atoms with Crippen LogP contribution in [0, 0.1) is 0 Å². The molecule has 1 aliphatic heterocycles. The number of hydrogen-bond acceptors (Lipinski definition) is 5. The molecule has 3 N–H and O–H groups in total. The van der Waals surface area contributed by atoms with Crippen LogP contribution in [0.1, 0.15) is 5.69 Å². The summed E-state index contributed by atoms with van der Waals surface area (Å²) in [6.07, 6.45) is 3.06. The predicted octanol–water partition coefficient (Wildman–Crippen LogP) is -0.692. The van der Waals surface area contributed by atoms with Crippen molar-refractivity contribution in [2.24, 2.45) is 0 Å². The van der Waals surface area contributed by atoms with Crippen molar-refractivity contribution in [3.05, 3.63) is 23.2 Å². The van der Waals surface area contributed by atoms with Crippen molar-refractivity contribution >= 4 is 17.5 Å². The van der Waals surface area contributed by atoms with Crippen LogP contribution in [0.2, 0.25) is 5.15 Å². The van der Waals surface area contributed by atoms with Crippen LogP contribution in [0.5, 0.6) is 0 Å². The average molecular weight is 256 g/mol. The van der Waals surface area contributed by atoms with Gasteiger partial charge in [-0.1, -0.05) is 11.6 Å². The van der Waals surface area contributed by atoms with Gasteiger partial charge in [0.1, 0.15) is 0 Å². The Morgan fingerprint density at radius 2 is 2.29 bits per heavy atom. The average Bonchev–Trinajstić information content (AvgIpc) is 2.38. The van der Waals surface area contributed by atoms with Crippen molar-refractivity contribution in [3.8, 4) is 0 Å². The first-order valence-corrected chi connectivity index (χ1v) is 5.82. The van der Waals surface area contributed by atoms with Gasteiger partial charge in [-0.25, -0.2) is 4.98 Å². The van der Waals surface area contributed by atoms with Gasteiger partial charge in [0.05, 0.1) is 18.3 Å². The molecule has 1 saturated heterocycles. The van der Waals surface area contributed by atoms with E-state index in [9.17, 15) is 4.79 Å². The molecule has 0 aliphatic carbocycles. The summed E-state index contributed by atoms with van der Waals surface area (Å²) >= 11 is 5.84. The number of rotatable bonds is 3. The lowest BCUT2D eigenvalue weighted by Gasteiger charge is -2.23. The molecule has 1 aliphatic rings. The molecule has 1 atom stereocenters. The Hall–Kier alpha value is -1.24. The molecule has 1 fully saturated rings. The standard InChI is InChI=1S/C10H14ClN5O/c11-9-7(13-3-4-15-9)6-16-10(17)8-5-12-1-2-14-8/h3-4,8,12,14H,1-2,5-6H2,(H,16,17)/t8-/m1/s1. The first-order chi connectivity index (χ1) is 8.27. The van der Waals surface area contributed by atoms with Crippen LogP contribution in [-0.2, 0) is 11.3 Å². The Balaban J connectivity index is 1.85. The van der Waals surface area contributed by atoms with Crippen molar-refractivity contribution in [1.82, 2.24) is 25.9 Å². The summed E-state index contributed by atoms with van der Waals surface area (Å²) in [5, 5.41) is 9.38. The lowest BCUT2D eigenvalue weighted by atomic mass is 10.2. The van der Waals surface area contributed by atoms with E-state index in [-0.39, 0.29) is 11.9 Å². The number of nitrogens with zero attached hydrogens (tertiary/aromatic N) is 2. The number of piperazine rings is 1. The maximum absolute atomic E-state index is 11.8. The molecule has 0 unspecified atom stereocenters. The fourth-order valence-electron chi connectivity index (χ4n) is 1.60. The van der Waals surface area contributed by atoms with Crippen molar-refractivity contribution in [2.45, 2.75) is 12.6 Å². The molecular weight excluding hydrogens is 242 g/mol. The Morgan fingerprint density at radius 1 is 1.47 bits per heavy atom. The number of hydrogen-bond donors (Lipinski definition) is 3. The Kier molecular flexibility index (Phi) is 4.24. The smallest absolute Gasteiger partial charge is 0.238 e. The van der Waals surface area contributed by atoms with E-state index in [1.54, 1.807) is 6.20 Å². The number of carbonyl (C=O) groups is 1. The van der Waals surface area contributed by atoms with Crippen molar-refractivity contribution in [3.63, 3.8) is 0 Å². The van der Waals surface area contributed by atoms with Crippen LogP contribution in [-0.4, -0.2) is 41.6 Å². The zero-order valence-electron chi connectivity index (χ0n) is 9.24. The van der Waals surface area contributed by atoms with Crippen LogP contribution in [0.25, 0.3) is 0 Å². The highest BCUT2D eigenvalue weighted by atomic mass is 35.5. The molecule has 0 saturated carbocycles. The van der Waals surface area contributed by atoms with E-state index in [0.29, 0.717) is 23.9 Å². The summed E-state index contributed by atoms with van der Waals surface area (Å²) in [4.78, 5) is 19.7. The van der Waals surface area contributed by atoms with Gasteiger partial charge >= 0.3 is 0 Å². The van der Waals surface area contributed by atoms with E-state index in [0.717, 1.165) is 13.1 Å². The minimum Gasteiger partial charge on any atom is -0.349 e. The largest absolute Gasteiger partial charge is 0.349 e. The third-order valence-electron chi connectivity index (χ3n) is 2.51. The zero-order chi connectivity index (χ0) is 12.1. The van der Waals surface area contributed by atoms with Gasteiger partial charge in [0.2, 0.25) is 5.91 Å². The Labute approximate surface area is 104 Å². The minimum absolute atomic E-state index is 0.0566. The highest BCUT2D eigenvalue weighted by Gasteiger charge is 2.20. The summed E-state index contributed by atoms with van der Waals surface area (Å²) in [6, 6.07) is -0.195. The van der Waals surface area contributed by atoms with Crippen LogP contribution in [0.4, 0.5) is 0 Å². The third-order valence-corrected chi connectivity index (χ3v) is 2.83. The van der Waals surface area contributed by atoms with E-state index < -0.39 is 0 Å². The number of nitrogens with one attached hydrogen (secondary N) is 3. The molecular formula is C10H14ClN5O. The van der Waals surface area contributed by atoms with Crippen LogP contribution in [0.15, 0.2) is 12.4 Å². The van der Waals surface area contributed by atoms with Gasteiger partial charge in [-0.05, 0) is 0 Å². The van der Waals surface area contributed by atoms with Gasteiger partial charge in [-0.2, -0.15) is 0 Å². The molecule has 1 aromatic rings. The van der Waals surface area contributed by atoms with Crippen molar-refractivity contribution in [2.75, 3.05) is 19.6 Å². The molecule has 0 radical (unpaired) electrons. The number of carbonyl (C=O) groups excluding carboxylic acids is 1. The van der Waals surface area contributed by atoms with E-state index in [1.165, 1.54) is 6.20 Å². The Morgan fingerprint density at radius 3 is 3.00 bits per heavy atom. The molecule has 6 nitrogen and oxygen atoms in total. The summed E-state index contributed by atoms with van der Waals surface area (Å²) < 4.78 is 0. The lowest BCUT2D eigenvalue weighted by molar-refractivity contribution is -0.123. The highest BCUT2D eigenvalue weighted by Crippen LogP contribution is 2.07. The van der Waals surface area contributed by atoms with Gasteiger partial charge in [0, 0.05) is 32.0 Å². The van der Waals surface area contributed by atoms with E-state index >= 15 is 0 Å². The van der Waals surface area contributed by atoms with E-state index in [1.807, 2.05) is 0 Å². The maximum atomic E-state index is 11.8. The quantitative estimate of drug-likeness (QED) is 0.666. The SMILES string of the molecule is O=C(NCc1nccnc1Cl)[C@H]1CNCCN1. The van der Waals surface area contributed by atoms with Crippen molar-refractivity contribution in [1.29, 1.82) is 0 Å². The molecule has 7 heteroatoms. The predicted molar refractivity (Wildman–Crippen MR) is 63.5 cm³/mol. The molecule has 92 valence electrons. The summed E-state index contributed by atoms with van der Waals surface area (Å²) in [5.74, 6) is -0.0566. The molecule has 2 heterocycles. The molecule has 1 aromatic heterocycles. The molecule has 2 rings (SSSR count). The molecule has 1 amide bonds. The number of aromatic nitrogens is 2. The van der Waals surface area contributed by atoms with Crippen LogP contribution >= 0.6 is 11.6 Å². The molecule has 0 spiro atoms. The van der Waals surface area contributed by atoms with Gasteiger partial charge < -0.3 is 16.0 Å². The summed E-state index contributed by atoms with van der Waals surface area (Å²) in [6.45, 7) is 2.62. The monoisotopic (exact) mass is 255 g/mol. The molecule has 17 heavy (non-hydrogen) atoms. The first kappa shape index (κ1) is 12.2. The topological polar surface area (TPSA) is 78.9 Å². The maximum Gasteiger partial charge on any atom is 0.238 e. The van der Waals surface area contributed by atoms with E-state index in [4.69, 9.17) is 11.6 Å². The summed E-state index contributed by atoms with van der Waals surface area (Å²) in [7, 11) is 0.